The third-order valence-corrected chi connectivity index (χ3v) is 3.83. The van der Waals surface area contributed by atoms with E-state index in [2.05, 4.69) is 15.6 Å². The van der Waals surface area contributed by atoms with Gasteiger partial charge in [0.15, 0.2) is 5.13 Å². The maximum absolute atomic E-state index is 11.8. The second kappa shape index (κ2) is 7.35. The molecule has 1 aromatic heterocycles. The summed E-state index contributed by atoms with van der Waals surface area (Å²) in [5.41, 5.74) is 0.628. The predicted molar refractivity (Wildman–Crippen MR) is 76.7 cm³/mol. The number of esters is 1. The molecule has 1 unspecified atom stereocenters. The number of nitrogens with one attached hydrogen (secondary N) is 2. The molecule has 7 heteroatoms. The predicted octanol–water partition coefficient (Wildman–Crippen LogP) is 1.33. The van der Waals surface area contributed by atoms with E-state index in [4.69, 9.17) is 4.74 Å². The van der Waals surface area contributed by atoms with Crippen LogP contribution < -0.4 is 10.6 Å². The number of aromatic nitrogens is 1. The largest absolute Gasteiger partial charge is 0.466 e. The first-order valence-corrected chi connectivity index (χ1v) is 7.68. The molecule has 0 aliphatic carbocycles. The van der Waals surface area contributed by atoms with Crippen LogP contribution in [0.5, 0.6) is 0 Å². The van der Waals surface area contributed by atoms with Gasteiger partial charge in [0, 0.05) is 17.8 Å². The van der Waals surface area contributed by atoms with Gasteiger partial charge in [0.25, 0.3) is 0 Å². The first-order chi connectivity index (χ1) is 9.67. The maximum Gasteiger partial charge on any atom is 0.311 e. The van der Waals surface area contributed by atoms with Gasteiger partial charge >= 0.3 is 5.97 Å². The number of hydrogen-bond acceptors (Lipinski definition) is 6. The summed E-state index contributed by atoms with van der Waals surface area (Å²) >= 11 is 1.32. The van der Waals surface area contributed by atoms with Crippen molar-refractivity contribution in [3.05, 3.63) is 11.1 Å². The fourth-order valence-corrected chi connectivity index (χ4v) is 2.86. The van der Waals surface area contributed by atoms with E-state index in [1.807, 2.05) is 0 Å². The zero-order valence-electron chi connectivity index (χ0n) is 11.5. The lowest BCUT2D eigenvalue weighted by molar-refractivity contribution is -0.142. The molecule has 0 spiro atoms. The molecule has 2 N–H and O–H groups in total. The molecule has 0 aromatic carbocycles. The molecule has 2 heterocycles. The van der Waals surface area contributed by atoms with Crippen LogP contribution in [0.1, 0.15) is 31.9 Å². The smallest absolute Gasteiger partial charge is 0.311 e. The van der Waals surface area contributed by atoms with Gasteiger partial charge < -0.3 is 15.4 Å². The van der Waals surface area contributed by atoms with Crippen LogP contribution in [0.3, 0.4) is 0 Å². The van der Waals surface area contributed by atoms with Gasteiger partial charge in [0.2, 0.25) is 5.91 Å². The average Bonchev–Trinajstić information content (AvgIpc) is 3.02. The molecule has 1 fully saturated rings. The first kappa shape index (κ1) is 14.9. The Morgan fingerprint density at radius 1 is 1.60 bits per heavy atom. The van der Waals surface area contributed by atoms with Crippen molar-refractivity contribution in [2.45, 2.75) is 38.6 Å². The van der Waals surface area contributed by atoms with E-state index in [1.54, 1.807) is 12.3 Å². The molecule has 0 bridgehead atoms. The highest BCUT2D eigenvalue weighted by molar-refractivity contribution is 7.13. The van der Waals surface area contributed by atoms with Crippen molar-refractivity contribution in [2.75, 3.05) is 18.5 Å². The quantitative estimate of drug-likeness (QED) is 0.774. The third-order valence-electron chi connectivity index (χ3n) is 3.02. The van der Waals surface area contributed by atoms with Crippen LogP contribution in [0.4, 0.5) is 5.13 Å². The zero-order chi connectivity index (χ0) is 14.4. The standard InChI is InChI=1S/C13H19N3O3S/c1-2-19-12(18)7-10-8-20-13(15-10)16-11(17)6-9-4-3-5-14-9/h8-9,14H,2-7H2,1H3,(H,15,16,17). The number of anilines is 1. The molecule has 6 nitrogen and oxygen atoms in total. The number of carbonyl (C=O) groups is 2. The topological polar surface area (TPSA) is 80.3 Å². The fourth-order valence-electron chi connectivity index (χ4n) is 2.13. The van der Waals surface area contributed by atoms with Crippen molar-refractivity contribution < 1.29 is 14.3 Å². The highest BCUT2D eigenvalue weighted by atomic mass is 32.1. The van der Waals surface area contributed by atoms with E-state index in [0.29, 0.717) is 23.9 Å². The number of carbonyl (C=O) groups excluding carboxylic acids is 2. The average molecular weight is 297 g/mol. The second-order valence-electron chi connectivity index (χ2n) is 4.67. The number of rotatable bonds is 6. The minimum Gasteiger partial charge on any atom is -0.466 e. The summed E-state index contributed by atoms with van der Waals surface area (Å²) in [5.74, 6) is -0.340. The van der Waals surface area contributed by atoms with Crippen molar-refractivity contribution in [3.63, 3.8) is 0 Å². The summed E-state index contributed by atoms with van der Waals surface area (Å²) < 4.78 is 4.85. The Bertz CT molecular complexity index is 469. The lowest BCUT2D eigenvalue weighted by atomic mass is 10.1. The van der Waals surface area contributed by atoms with Crippen LogP contribution in [0.2, 0.25) is 0 Å². The molecular weight excluding hydrogens is 278 g/mol. The first-order valence-electron chi connectivity index (χ1n) is 6.80. The summed E-state index contributed by atoms with van der Waals surface area (Å²) in [6, 6.07) is 0.272. The Morgan fingerprint density at radius 2 is 2.45 bits per heavy atom. The normalized spacial score (nSPS) is 17.9. The maximum atomic E-state index is 11.8. The summed E-state index contributed by atoms with van der Waals surface area (Å²) in [6.07, 6.45) is 2.77. The summed E-state index contributed by atoms with van der Waals surface area (Å²) in [4.78, 5) is 27.4. The zero-order valence-corrected chi connectivity index (χ0v) is 12.3. The molecule has 1 aliphatic rings. The number of ether oxygens (including phenoxy) is 1. The molecule has 110 valence electrons. The Kier molecular flexibility index (Phi) is 5.49. The summed E-state index contributed by atoms with van der Waals surface area (Å²) in [7, 11) is 0. The van der Waals surface area contributed by atoms with E-state index < -0.39 is 0 Å². The summed E-state index contributed by atoms with van der Waals surface area (Å²) in [6.45, 7) is 3.11. The van der Waals surface area contributed by atoms with Crippen LogP contribution in [0.25, 0.3) is 0 Å². The van der Waals surface area contributed by atoms with Gasteiger partial charge in [-0.25, -0.2) is 4.98 Å². The van der Waals surface area contributed by atoms with Gasteiger partial charge in [-0.15, -0.1) is 11.3 Å². The van der Waals surface area contributed by atoms with Crippen LogP contribution in [-0.2, 0) is 20.7 Å². The molecule has 1 aromatic rings. The van der Waals surface area contributed by atoms with Crippen molar-refractivity contribution >= 4 is 28.3 Å². The van der Waals surface area contributed by atoms with Crippen molar-refractivity contribution in [1.29, 1.82) is 0 Å². The molecule has 2 rings (SSSR count). The summed E-state index contributed by atoms with van der Waals surface area (Å²) in [5, 5.41) is 8.35. The van der Waals surface area contributed by atoms with Gasteiger partial charge in [-0.05, 0) is 26.3 Å². The Hall–Kier alpha value is -1.47. The van der Waals surface area contributed by atoms with E-state index in [-0.39, 0.29) is 24.3 Å². The molecule has 0 radical (unpaired) electrons. The van der Waals surface area contributed by atoms with E-state index in [9.17, 15) is 9.59 Å². The molecule has 1 aliphatic heterocycles. The van der Waals surface area contributed by atoms with Crippen molar-refractivity contribution in [1.82, 2.24) is 10.3 Å². The number of nitrogens with zero attached hydrogens (tertiary/aromatic N) is 1. The molecule has 1 saturated heterocycles. The third kappa shape index (κ3) is 4.57. The number of hydrogen-bond donors (Lipinski definition) is 2. The Balaban J connectivity index is 1.79. The minimum atomic E-state index is -0.300. The van der Waals surface area contributed by atoms with Gasteiger partial charge in [-0.1, -0.05) is 0 Å². The van der Waals surface area contributed by atoms with E-state index in [1.165, 1.54) is 11.3 Å². The molecular formula is C13H19N3O3S. The van der Waals surface area contributed by atoms with E-state index in [0.717, 1.165) is 19.4 Å². The van der Waals surface area contributed by atoms with Gasteiger partial charge in [0.05, 0.1) is 18.7 Å². The SMILES string of the molecule is CCOC(=O)Cc1csc(NC(=O)CC2CCCN2)n1. The molecule has 0 saturated carbocycles. The lowest BCUT2D eigenvalue weighted by Gasteiger charge is -2.08. The lowest BCUT2D eigenvalue weighted by Crippen LogP contribution is -2.27. The number of amides is 1. The van der Waals surface area contributed by atoms with Crippen LogP contribution >= 0.6 is 11.3 Å². The molecule has 1 amide bonds. The molecule has 1 atom stereocenters. The second-order valence-corrected chi connectivity index (χ2v) is 5.53. The minimum absolute atomic E-state index is 0.0403. The number of thiazole rings is 1. The monoisotopic (exact) mass is 297 g/mol. The van der Waals surface area contributed by atoms with Crippen LogP contribution in [-0.4, -0.2) is 36.1 Å². The van der Waals surface area contributed by atoms with Crippen molar-refractivity contribution in [2.24, 2.45) is 0 Å². The van der Waals surface area contributed by atoms with Gasteiger partial charge in [-0.3, -0.25) is 9.59 Å². The fraction of sp³-hybridized carbons (Fsp3) is 0.615. The highest BCUT2D eigenvalue weighted by Gasteiger charge is 2.18. The van der Waals surface area contributed by atoms with Crippen LogP contribution in [0.15, 0.2) is 5.38 Å². The van der Waals surface area contributed by atoms with E-state index >= 15 is 0 Å². The van der Waals surface area contributed by atoms with Crippen LogP contribution in [0, 0.1) is 0 Å². The Morgan fingerprint density at radius 3 is 3.15 bits per heavy atom. The van der Waals surface area contributed by atoms with Gasteiger partial charge in [0.1, 0.15) is 0 Å². The highest BCUT2D eigenvalue weighted by Crippen LogP contribution is 2.17. The Labute approximate surface area is 121 Å². The van der Waals surface area contributed by atoms with Gasteiger partial charge in [-0.2, -0.15) is 0 Å². The van der Waals surface area contributed by atoms with Crippen molar-refractivity contribution in [3.8, 4) is 0 Å². The molecule has 20 heavy (non-hydrogen) atoms.